The molecule has 0 radical (unpaired) electrons. The lowest BCUT2D eigenvalue weighted by Gasteiger charge is -2.28. The summed E-state index contributed by atoms with van der Waals surface area (Å²) < 4.78 is 0. The van der Waals surface area contributed by atoms with Gasteiger partial charge in [0.05, 0.1) is 0 Å². The molecule has 0 amide bonds. The van der Waals surface area contributed by atoms with Gasteiger partial charge in [-0.25, -0.2) is 0 Å². The molecular weight excluding hydrogens is 635 g/mol. The summed E-state index contributed by atoms with van der Waals surface area (Å²) >= 11 is 0. The fourth-order valence-corrected chi connectivity index (χ4v) is 84.5. The third-order valence-corrected chi connectivity index (χ3v) is 54.6. The number of rotatable bonds is 15. The Labute approximate surface area is 291 Å². The second-order valence-electron chi connectivity index (χ2n) is 22.1. The largest absolute Gasteiger partial charge is 0.0759 e. The van der Waals surface area contributed by atoms with E-state index in [-0.39, 0.29) is 34.4 Å². The average Bonchev–Trinajstić information content (AvgIpc) is 2.92. The van der Waals surface area contributed by atoms with Crippen molar-refractivity contribution in [2.75, 3.05) is 0 Å². The minimum Gasteiger partial charge on any atom is -0.0759 e. The molecule has 0 saturated heterocycles. The van der Waals surface area contributed by atoms with Crippen LogP contribution in [0.15, 0.2) is 0 Å². The van der Waals surface area contributed by atoms with E-state index in [9.17, 15) is 0 Å². The molecule has 1 aromatic heterocycles. The van der Waals surface area contributed by atoms with Gasteiger partial charge in [-0.15, -0.1) is 0 Å². The molecule has 5 unspecified atom stereocenters. The highest BCUT2D eigenvalue weighted by atomic mass is 32.7. The van der Waals surface area contributed by atoms with E-state index in [0.29, 0.717) is 27.1 Å². The van der Waals surface area contributed by atoms with Crippen molar-refractivity contribution in [1.82, 2.24) is 0 Å². The second-order valence-corrected chi connectivity index (χ2v) is 46.9. The highest BCUT2D eigenvalue weighted by molar-refractivity contribution is 8.72. The lowest BCUT2D eigenvalue weighted by molar-refractivity contribution is 0.313. The highest BCUT2D eigenvalue weighted by Crippen LogP contribution is 2.91. The molecule has 0 aromatic carbocycles. The zero-order valence-corrected chi connectivity index (χ0v) is 39.2. The van der Waals surface area contributed by atoms with E-state index < -0.39 is 0 Å². The number of hydrogen-bond acceptors (Lipinski definition) is 0. The summed E-state index contributed by atoms with van der Waals surface area (Å²) in [5, 5.41) is 0. The summed E-state index contributed by atoms with van der Waals surface area (Å²) in [7, 11) is 0. The predicted molar refractivity (Wildman–Crippen MR) is 224 cm³/mol. The zero-order valence-electron chi connectivity index (χ0n) is 34.7. The quantitative estimate of drug-likeness (QED) is 0.169. The Hall–Kier alpha value is 1.50. The smallest absolute Gasteiger partial charge is 0.00400 e. The Kier molecular flexibility index (Phi) is 17.4. The van der Waals surface area contributed by atoms with Gasteiger partial charge in [0.1, 0.15) is 0 Å². The summed E-state index contributed by atoms with van der Waals surface area (Å²) in [6, 6.07) is 0. The molecule has 0 aliphatic rings. The molecule has 1 aromatic rings. The lowest BCUT2D eigenvalue weighted by Crippen LogP contribution is -2.12. The summed E-state index contributed by atoms with van der Waals surface area (Å²) in [5.41, 5.74) is 2.21. The molecule has 0 N–H and O–H groups in total. The third-order valence-electron chi connectivity index (χ3n) is 8.51. The summed E-state index contributed by atoms with van der Waals surface area (Å²) in [4.78, 5) is 0. The molecule has 0 saturated carbocycles. The van der Waals surface area contributed by atoms with Crippen LogP contribution in [0.4, 0.5) is 0 Å². The molecule has 0 nitrogen and oxygen atoms in total. The van der Waals surface area contributed by atoms with Gasteiger partial charge >= 0.3 is 0 Å². The topological polar surface area (TPSA) is 0 Å². The Morgan fingerprint density at radius 3 is 0.467 bits per heavy atom. The van der Waals surface area contributed by atoms with Gasteiger partial charge in [0.25, 0.3) is 0 Å². The first-order valence-electron chi connectivity index (χ1n) is 18.8. The van der Waals surface area contributed by atoms with Crippen LogP contribution in [0.5, 0.6) is 0 Å². The van der Waals surface area contributed by atoms with Gasteiger partial charge in [0, 0.05) is 0 Å². The molecule has 0 aliphatic carbocycles. The van der Waals surface area contributed by atoms with Crippen molar-refractivity contribution in [1.29, 1.82) is 0 Å². The Bertz CT molecular complexity index is 808. The van der Waals surface area contributed by atoms with Gasteiger partial charge in [-0.1, -0.05) is 173 Å². The fraction of sp³-hybridized carbons (Fsp3) is 1.00. The van der Waals surface area contributed by atoms with Gasteiger partial charge in [0.15, 0.2) is 0 Å². The minimum absolute atomic E-state index is 0.169. The van der Waals surface area contributed by atoms with E-state index in [1.165, 1.54) is 32.1 Å². The highest BCUT2D eigenvalue weighted by Gasteiger charge is 2.30. The van der Waals surface area contributed by atoms with Gasteiger partial charge in [0.2, 0.25) is 0 Å². The first-order chi connectivity index (χ1) is 19.9. The summed E-state index contributed by atoms with van der Waals surface area (Å²) in [6.45, 7) is 51.6. The second kappa shape index (κ2) is 17.6. The van der Waals surface area contributed by atoms with Crippen molar-refractivity contribution in [2.45, 2.75) is 201 Å². The van der Waals surface area contributed by atoms with Gasteiger partial charge in [-0.05, 0) is 120 Å². The van der Waals surface area contributed by atoms with E-state index in [2.05, 4.69) is 138 Å². The van der Waals surface area contributed by atoms with Crippen LogP contribution in [0.3, 0.4) is 0 Å². The van der Waals surface area contributed by atoms with Crippen molar-refractivity contribution in [3.05, 3.63) is 0 Å². The molecule has 0 spiro atoms. The van der Waals surface area contributed by atoms with Crippen LogP contribution in [-0.4, -0.2) is 0 Å². The van der Waals surface area contributed by atoms with E-state index in [0.717, 1.165) is 29.6 Å². The van der Waals surface area contributed by atoms with E-state index >= 15 is 0 Å². The van der Waals surface area contributed by atoms with Crippen LogP contribution >= 0.6 is 34.4 Å². The van der Waals surface area contributed by atoms with E-state index in [1.807, 2.05) is 0 Å². The molecule has 5 atom stereocenters. The van der Waals surface area contributed by atoms with Crippen molar-refractivity contribution in [2.24, 2.45) is 56.7 Å². The minimum atomic E-state index is 0.169. The van der Waals surface area contributed by atoms with Gasteiger partial charge in [-0.3, -0.25) is 0 Å². The van der Waals surface area contributed by atoms with Gasteiger partial charge < -0.3 is 0 Å². The van der Waals surface area contributed by atoms with Crippen LogP contribution in [0, 0.1) is 56.7 Å². The van der Waals surface area contributed by atoms with Crippen molar-refractivity contribution in [3.8, 4) is 0 Å². The van der Waals surface area contributed by atoms with Crippen molar-refractivity contribution < 1.29 is 0 Å². The molecule has 270 valence electrons. The molecule has 1 rings (SSSR count). The lowest BCUT2D eigenvalue weighted by atomic mass is 9.86. The maximum Gasteiger partial charge on any atom is -0.00400 e. The Balaban J connectivity index is 4.04. The average molecular weight is 721 g/mol. The number of hydrogen-bond donors (Lipinski definition) is 0. The predicted octanol–water partition coefficient (Wildman–Crippen LogP) is 18.1. The van der Waals surface area contributed by atoms with Gasteiger partial charge in [-0.2, -0.15) is 0 Å². The maximum atomic E-state index is 2.67. The Morgan fingerprint density at radius 1 is 0.267 bits per heavy atom. The van der Waals surface area contributed by atoms with Crippen molar-refractivity contribution in [3.63, 3.8) is 0 Å². The zero-order chi connectivity index (χ0) is 35.3. The molecule has 0 aliphatic heterocycles. The van der Waals surface area contributed by atoms with Crippen molar-refractivity contribution >= 4 is 34.4 Å². The van der Waals surface area contributed by atoms with Crippen LogP contribution in [0.1, 0.15) is 171 Å². The molecule has 0 fully saturated rings. The molecule has 5 heteroatoms. The van der Waals surface area contributed by atoms with Crippen LogP contribution in [-0.2, 0) is 30.8 Å². The summed E-state index contributed by atoms with van der Waals surface area (Å²) in [6.07, 6.45) is 15.1. The monoisotopic (exact) mass is 721 g/mol. The molecule has 1 heterocycles. The maximum absolute atomic E-state index is 2.67. The first kappa shape index (κ1) is 44.5. The van der Waals surface area contributed by atoms with Crippen LogP contribution in [0.2, 0.25) is 0 Å². The fourth-order valence-electron chi connectivity index (χ4n) is 8.48. The Morgan fingerprint density at radius 2 is 0.378 bits per heavy atom. The van der Waals surface area contributed by atoms with E-state index in [1.54, 1.807) is 30.8 Å². The molecular formula is C40H85P5. The third kappa shape index (κ3) is 19.5. The van der Waals surface area contributed by atoms with Crippen LogP contribution < -0.4 is 0 Å². The van der Waals surface area contributed by atoms with E-state index in [4.69, 9.17) is 0 Å². The normalized spacial score (nSPS) is 19.3. The first-order valence-corrected chi connectivity index (χ1v) is 30.0. The summed E-state index contributed by atoms with van der Waals surface area (Å²) in [5.74, 6) is 4.41. The van der Waals surface area contributed by atoms with Crippen LogP contribution in [0.25, 0.3) is 0 Å². The standard InChI is InChI=1S/C40H85P5/c1-31(21-36(6,7)8)26-41-42(27-32(2)22-37(9,10)11)44(29-34(4)24-39(15,16)17)45(30-35(5)25-40(18,19)20)43(41)28-33(3)23-38(12,13)14/h31-35H,21-30H2,1-20H3. The SMILES string of the molecule is CC(Cp1p(CC(C)CC(C)(C)C)p(CC(C)CC(C)(C)C)p(CC(C)CC(C)(C)C)p1CC(C)CC(C)(C)C)CC(C)(C)C. The molecule has 0 bridgehead atoms. The molecule has 45 heavy (non-hydrogen) atoms.